The molecule has 2 amide bonds. The van der Waals surface area contributed by atoms with Crippen molar-refractivity contribution in [3.63, 3.8) is 0 Å². The summed E-state index contributed by atoms with van der Waals surface area (Å²) in [6, 6.07) is 6.92. The summed E-state index contributed by atoms with van der Waals surface area (Å²) in [6.07, 6.45) is -1.60. The van der Waals surface area contributed by atoms with Crippen molar-refractivity contribution in [1.82, 2.24) is 10.3 Å². The van der Waals surface area contributed by atoms with Gasteiger partial charge in [0.25, 0.3) is 0 Å². The van der Waals surface area contributed by atoms with Crippen LogP contribution in [0.25, 0.3) is 0 Å². The average Bonchev–Trinajstić information content (AvgIpc) is 3.49. The van der Waals surface area contributed by atoms with Crippen molar-refractivity contribution < 1.29 is 18.0 Å². The van der Waals surface area contributed by atoms with E-state index in [1.54, 1.807) is 6.07 Å². The van der Waals surface area contributed by atoms with Crippen LogP contribution in [-0.2, 0) is 12.0 Å². The standard InChI is InChI=1S/C21H16F3N5O/c22-21(23,24)20(7-5-12-1-2-12)16-4-3-13(10-17(16)28-19(30)29-20)9-14-6-8-27-18(26)15(14)11-25/h3-4,6,8,10,12H,1-2,9H2,(H2,26,27)(H2,28,29,30)/t20-/m0/s1. The molecular weight excluding hydrogens is 395 g/mol. The topological polar surface area (TPSA) is 104 Å². The first-order valence-electron chi connectivity index (χ1n) is 9.19. The number of anilines is 2. The molecule has 1 aromatic carbocycles. The van der Waals surface area contributed by atoms with Gasteiger partial charge in [0.05, 0.1) is 5.56 Å². The van der Waals surface area contributed by atoms with Gasteiger partial charge in [0.15, 0.2) is 0 Å². The minimum atomic E-state index is -4.81. The summed E-state index contributed by atoms with van der Waals surface area (Å²) in [5.41, 5.74) is 4.20. The molecule has 0 spiro atoms. The number of amides is 2. The van der Waals surface area contributed by atoms with Gasteiger partial charge in [0.2, 0.25) is 5.54 Å². The van der Waals surface area contributed by atoms with Crippen LogP contribution in [0, 0.1) is 29.1 Å². The van der Waals surface area contributed by atoms with Gasteiger partial charge in [-0.25, -0.2) is 9.78 Å². The van der Waals surface area contributed by atoms with Crippen molar-refractivity contribution in [3.05, 3.63) is 52.7 Å². The molecule has 0 unspecified atom stereocenters. The van der Waals surface area contributed by atoms with Gasteiger partial charge in [-0.05, 0) is 42.5 Å². The molecule has 2 aromatic rings. The number of nitrogens with one attached hydrogen (secondary N) is 2. The molecule has 152 valence electrons. The predicted octanol–water partition coefficient (Wildman–Crippen LogP) is 3.43. The predicted molar refractivity (Wildman–Crippen MR) is 103 cm³/mol. The van der Waals surface area contributed by atoms with E-state index in [2.05, 4.69) is 22.1 Å². The number of nitriles is 1. The molecule has 6 nitrogen and oxygen atoms in total. The van der Waals surface area contributed by atoms with Gasteiger partial charge in [-0.1, -0.05) is 24.0 Å². The molecule has 4 rings (SSSR count). The molecule has 9 heteroatoms. The molecule has 1 saturated carbocycles. The SMILES string of the molecule is N#Cc1c(Cc2ccc3c(c2)NC(=O)N[C@]3(C#CC2CC2)C(F)(F)F)ccnc1N. The van der Waals surface area contributed by atoms with Crippen molar-refractivity contribution >= 4 is 17.5 Å². The van der Waals surface area contributed by atoms with Crippen LogP contribution in [0.15, 0.2) is 30.5 Å². The Balaban J connectivity index is 1.78. The van der Waals surface area contributed by atoms with Gasteiger partial charge in [-0.3, -0.25) is 0 Å². The van der Waals surface area contributed by atoms with Crippen LogP contribution in [0.4, 0.5) is 29.5 Å². The fourth-order valence-electron chi connectivity index (χ4n) is 3.37. The Morgan fingerprint density at radius 1 is 1.30 bits per heavy atom. The molecule has 1 aromatic heterocycles. The molecule has 4 N–H and O–H groups in total. The number of fused-ring (bicyclic) bond motifs is 1. The maximum Gasteiger partial charge on any atom is 0.427 e. The zero-order valence-corrected chi connectivity index (χ0v) is 15.6. The van der Waals surface area contributed by atoms with Gasteiger partial charge in [-0.2, -0.15) is 18.4 Å². The van der Waals surface area contributed by atoms with Crippen LogP contribution in [0.5, 0.6) is 0 Å². The first-order chi connectivity index (χ1) is 14.2. The van der Waals surface area contributed by atoms with Crippen molar-refractivity contribution in [2.45, 2.75) is 31.0 Å². The lowest BCUT2D eigenvalue weighted by Crippen LogP contribution is -2.59. The summed E-state index contributed by atoms with van der Waals surface area (Å²) in [5.74, 6) is 4.96. The number of carbonyl (C=O) groups is 1. The van der Waals surface area contributed by atoms with Crippen molar-refractivity contribution in [3.8, 4) is 17.9 Å². The highest BCUT2D eigenvalue weighted by molar-refractivity contribution is 5.95. The molecule has 2 heterocycles. The van der Waals surface area contributed by atoms with Crippen LogP contribution < -0.4 is 16.4 Å². The Hall–Kier alpha value is -3.72. The number of carbonyl (C=O) groups excluding carboxylic acids is 1. The monoisotopic (exact) mass is 411 g/mol. The molecule has 0 saturated heterocycles. The third-order valence-corrected chi connectivity index (χ3v) is 5.08. The number of alkyl halides is 3. The second-order valence-corrected chi connectivity index (χ2v) is 7.27. The van der Waals surface area contributed by atoms with Crippen molar-refractivity contribution in [2.75, 3.05) is 11.1 Å². The Bertz CT molecular complexity index is 1140. The molecular formula is C21H16F3N5O. The fraction of sp³-hybridized carbons (Fsp3) is 0.286. The summed E-state index contributed by atoms with van der Waals surface area (Å²) in [4.78, 5) is 16.0. The van der Waals surface area contributed by atoms with Gasteiger partial charge >= 0.3 is 12.2 Å². The minimum absolute atomic E-state index is 0.0270. The lowest BCUT2D eigenvalue weighted by Gasteiger charge is -2.37. The number of halogens is 3. The lowest BCUT2D eigenvalue weighted by atomic mass is 9.85. The van der Waals surface area contributed by atoms with E-state index >= 15 is 0 Å². The van der Waals surface area contributed by atoms with Crippen LogP contribution >= 0.6 is 0 Å². The van der Waals surface area contributed by atoms with Crippen LogP contribution in [-0.4, -0.2) is 17.2 Å². The number of hydrogen-bond acceptors (Lipinski definition) is 4. The Morgan fingerprint density at radius 3 is 2.73 bits per heavy atom. The normalized spacial score (nSPS) is 20.1. The van der Waals surface area contributed by atoms with Gasteiger partial charge in [0, 0.05) is 23.4 Å². The lowest BCUT2D eigenvalue weighted by molar-refractivity contribution is -0.178. The zero-order chi connectivity index (χ0) is 21.5. The van der Waals surface area contributed by atoms with E-state index in [4.69, 9.17) is 5.73 Å². The highest BCUT2D eigenvalue weighted by Gasteiger charge is 2.59. The van der Waals surface area contributed by atoms with Gasteiger partial charge < -0.3 is 16.4 Å². The van der Waals surface area contributed by atoms with Crippen LogP contribution in [0.3, 0.4) is 0 Å². The van der Waals surface area contributed by atoms with Crippen LogP contribution in [0.1, 0.15) is 35.1 Å². The van der Waals surface area contributed by atoms with E-state index in [1.165, 1.54) is 24.4 Å². The zero-order valence-electron chi connectivity index (χ0n) is 15.6. The molecule has 1 atom stereocenters. The number of hydrogen-bond donors (Lipinski definition) is 3. The third-order valence-electron chi connectivity index (χ3n) is 5.08. The third kappa shape index (κ3) is 3.39. The molecule has 30 heavy (non-hydrogen) atoms. The quantitative estimate of drug-likeness (QED) is 0.659. The molecule has 1 aliphatic heterocycles. The largest absolute Gasteiger partial charge is 0.427 e. The van der Waals surface area contributed by atoms with E-state index < -0.39 is 17.7 Å². The summed E-state index contributed by atoms with van der Waals surface area (Å²) in [7, 11) is 0. The van der Waals surface area contributed by atoms with Crippen molar-refractivity contribution in [2.24, 2.45) is 5.92 Å². The first kappa shape index (κ1) is 19.6. The number of rotatable bonds is 2. The summed E-state index contributed by atoms with van der Waals surface area (Å²) in [6.45, 7) is 0. The number of nitrogens with two attached hydrogens (primary N) is 1. The van der Waals surface area contributed by atoms with E-state index in [0.29, 0.717) is 11.1 Å². The molecule has 2 aliphatic rings. The number of benzene rings is 1. The average molecular weight is 411 g/mol. The summed E-state index contributed by atoms with van der Waals surface area (Å²) >= 11 is 0. The molecule has 1 aliphatic carbocycles. The second kappa shape index (κ2) is 6.96. The number of nitrogen functional groups attached to an aromatic ring is 1. The van der Waals surface area contributed by atoms with Crippen LogP contribution in [0.2, 0.25) is 0 Å². The Morgan fingerprint density at radius 2 is 2.07 bits per heavy atom. The first-order valence-corrected chi connectivity index (χ1v) is 9.19. The Labute approximate surface area is 170 Å². The molecule has 0 radical (unpaired) electrons. The van der Waals surface area contributed by atoms with E-state index in [-0.39, 0.29) is 35.0 Å². The summed E-state index contributed by atoms with van der Waals surface area (Å²) in [5, 5.41) is 13.7. The number of aromatic nitrogens is 1. The maximum atomic E-state index is 14.1. The number of pyridine rings is 1. The Kier molecular flexibility index (Phi) is 4.54. The fourth-order valence-corrected chi connectivity index (χ4v) is 3.37. The van der Waals surface area contributed by atoms with E-state index in [9.17, 15) is 23.2 Å². The second-order valence-electron chi connectivity index (χ2n) is 7.27. The summed E-state index contributed by atoms with van der Waals surface area (Å²) < 4.78 is 42.3. The highest BCUT2D eigenvalue weighted by Crippen LogP contribution is 2.44. The number of urea groups is 1. The maximum absolute atomic E-state index is 14.1. The van der Waals surface area contributed by atoms with E-state index in [1.807, 2.05) is 11.4 Å². The minimum Gasteiger partial charge on any atom is -0.383 e. The van der Waals surface area contributed by atoms with Crippen molar-refractivity contribution in [1.29, 1.82) is 5.26 Å². The molecule has 1 fully saturated rings. The number of nitrogens with zero attached hydrogens (tertiary/aromatic N) is 2. The van der Waals surface area contributed by atoms with Gasteiger partial charge in [-0.15, -0.1) is 0 Å². The highest BCUT2D eigenvalue weighted by atomic mass is 19.4. The van der Waals surface area contributed by atoms with E-state index in [0.717, 1.165) is 12.8 Å². The van der Waals surface area contributed by atoms with Gasteiger partial charge in [0.1, 0.15) is 11.9 Å². The smallest absolute Gasteiger partial charge is 0.383 e. The molecule has 0 bridgehead atoms.